The quantitative estimate of drug-likeness (QED) is 0.393. The summed E-state index contributed by atoms with van der Waals surface area (Å²) in [7, 11) is 0. The van der Waals surface area contributed by atoms with Gasteiger partial charge in [-0.3, -0.25) is 9.58 Å². The maximum atomic E-state index is 5.72. The van der Waals surface area contributed by atoms with E-state index >= 15 is 0 Å². The van der Waals surface area contributed by atoms with Gasteiger partial charge in [0.05, 0.1) is 17.9 Å². The van der Waals surface area contributed by atoms with Crippen LogP contribution >= 0.6 is 12.2 Å². The summed E-state index contributed by atoms with van der Waals surface area (Å²) in [5.41, 5.74) is 7.26. The van der Waals surface area contributed by atoms with Gasteiger partial charge in [0.15, 0.2) is 10.9 Å². The maximum Gasteiger partial charge on any atom is 0.174 e. The Morgan fingerprint density at radius 2 is 1.58 bits per heavy atom. The number of para-hydroxylation sites is 1. The van der Waals surface area contributed by atoms with Gasteiger partial charge in [0.25, 0.3) is 0 Å². The molecule has 186 valence electrons. The predicted octanol–water partition coefficient (Wildman–Crippen LogP) is 4.56. The third-order valence-corrected chi connectivity index (χ3v) is 7.31. The minimum absolute atomic E-state index is 0.736. The number of aromatic nitrogens is 4. The average Bonchev–Trinajstić information content (AvgIpc) is 3.45. The highest BCUT2D eigenvalue weighted by atomic mass is 32.1. The summed E-state index contributed by atoms with van der Waals surface area (Å²) in [6.07, 6.45) is 2.00. The van der Waals surface area contributed by atoms with Crippen LogP contribution in [0.25, 0.3) is 5.69 Å². The molecule has 0 bridgehead atoms. The first-order valence-corrected chi connectivity index (χ1v) is 12.9. The molecule has 1 saturated heterocycles. The number of nitrogens with one attached hydrogen (secondary N) is 1. The third kappa shape index (κ3) is 5.34. The summed E-state index contributed by atoms with van der Waals surface area (Å²) in [5.74, 6) is 0.788. The van der Waals surface area contributed by atoms with Gasteiger partial charge in [-0.25, -0.2) is 4.68 Å². The summed E-state index contributed by atoms with van der Waals surface area (Å²) in [4.78, 5) is 4.72. The Hall–Kier alpha value is -3.49. The molecule has 0 atom stereocenters. The lowest BCUT2D eigenvalue weighted by atomic mass is 10.1. The smallest absolute Gasteiger partial charge is 0.174 e. The Labute approximate surface area is 218 Å². The van der Waals surface area contributed by atoms with Crippen LogP contribution in [-0.2, 0) is 13.1 Å². The van der Waals surface area contributed by atoms with E-state index in [4.69, 9.17) is 17.3 Å². The van der Waals surface area contributed by atoms with Crippen LogP contribution in [0.4, 0.5) is 5.82 Å². The number of anilines is 1. The molecule has 0 unspecified atom stereocenters. The number of rotatable bonds is 6. The topological polar surface area (TPSA) is 54.2 Å². The highest BCUT2D eigenvalue weighted by Crippen LogP contribution is 2.20. The lowest BCUT2D eigenvalue weighted by Crippen LogP contribution is -2.49. The molecule has 1 fully saturated rings. The van der Waals surface area contributed by atoms with Crippen molar-refractivity contribution in [1.82, 2.24) is 29.4 Å². The van der Waals surface area contributed by atoms with Crippen LogP contribution in [0.5, 0.6) is 0 Å². The summed E-state index contributed by atoms with van der Waals surface area (Å²) in [6.45, 7) is 11.7. The Morgan fingerprint density at radius 3 is 2.33 bits per heavy atom. The van der Waals surface area contributed by atoms with Gasteiger partial charge in [0, 0.05) is 56.2 Å². The van der Waals surface area contributed by atoms with Crippen LogP contribution in [0.1, 0.15) is 28.1 Å². The van der Waals surface area contributed by atoms with Gasteiger partial charge in [-0.05, 0) is 56.2 Å². The van der Waals surface area contributed by atoms with Crippen LogP contribution in [0.3, 0.4) is 0 Å². The summed E-state index contributed by atoms with van der Waals surface area (Å²) >= 11 is 5.72. The lowest BCUT2D eigenvalue weighted by molar-refractivity contribution is 0.176. The molecule has 8 heteroatoms. The van der Waals surface area contributed by atoms with E-state index in [-0.39, 0.29) is 0 Å². The molecule has 2 aromatic heterocycles. The molecule has 0 radical (unpaired) electrons. The minimum Gasteiger partial charge on any atom is -0.346 e. The molecular formula is C28H33N7S. The molecule has 1 N–H and O–H groups in total. The number of aryl methyl sites for hydroxylation is 2. The van der Waals surface area contributed by atoms with E-state index < -0.39 is 0 Å². The van der Waals surface area contributed by atoms with Gasteiger partial charge in [0.1, 0.15) is 0 Å². The van der Waals surface area contributed by atoms with E-state index in [0.29, 0.717) is 0 Å². The van der Waals surface area contributed by atoms with Gasteiger partial charge in [-0.15, -0.1) is 0 Å². The Balaban J connectivity index is 1.14. The normalized spacial score (nSPS) is 14.2. The fraction of sp³-hybridized carbons (Fsp3) is 0.321. The fourth-order valence-corrected chi connectivity index (χ4v) is 5.01. The zero-order chi connectivity index (χ0) is 25.1. The van der Waals surface area contributed by atoms with E-state index in [1.54, 1.807) is 0 Å². The molecule has 1 aliphatic heterocycles. The predicted molar refractivity (Wildman–Crippen MR) is 149 cm³/mol. The number of thiocarbonyl (C=S) groups is 1. The molecule has 0 spiro atoms. The first-order valence-electron chi connectivity index (χ1n) is 12.4. The maximum absolute atomic E-state index is 5.72. The molecule has 0 amide bonds. The second kappa shape index (κ2) is 10.6. The van der Waals surface area contributed by atoms with Gasteiger partial charge in [0.2, 0.25) is 0 Å². The van der Waals surface area contributed by atoms with Crippen molar-refractivity contribution < 1.29 is 0 Å². The molecule has 4 aromatic rings. The van der Waals surface area contributed by atoms with E-state index in [9.17, 15) is 0 Å². The van der Waals surface area contributed by atoms with E-state index in [0.717, 1.165) is 61.6 Å². The van der Waals surface area contributed by atoms with Gasteiger partial charge in [-0.2, -0.15) is 10.2 Å². The van der Waals surface area contributed by atoms with Crippen molar-refractivity contribution >= 4 is 23.1 Å². The zero-order valence-electron chi connectivity index (χ0n) is 21.2. The van der Waals surface area contributed by atoms with Gasteiger partial charge >= 0.3 is 0 Å². The minimum atomic E-state index is 0.736. The van der Waals surface area contributed by atoms with Crippen molar-refractivity contribution in [2.45, 2.75) is 33.9 Å². The number of piperazine rings is 1. The first-order chi connectivity index (χ1) is 17.5. The Bertz CT molecular complexity index is 1330. The van der Waals surface area contributed by atoms with Crippen molar-refractivity contribution in [1.29, 1.82) is 0 Å². The van der Waals surface area contributed by atoms with E-state index in [1.165, 1.54) is 22.4 Å². The van der Waals surface area contributed by atoms with Crippen LogP contribution in [0.2, 0.25) is 0 Å². The Morgan fingerprint density at radius 1 is 0.861 bits per heavy atom. The standard InChI is InChI=1S/C28H33N7S/c1-21-9-7-8-10-24(21)19-34-14-13-27(31-34)29-28(36)33-17-15-32(16-18-33)20-26-22(2)30-35(23(26)3)25-11-5-4-6-12-25/h4-14H,15-20H2,1-3H3,(H,29,31,36). The third-order valence-electron chi connectivity index (χ3n) is 6.95. The molecule has 0 saturated carbocycles. The van der Waals surface area contributed by atoms with Crippen molar-refractivity contribution in [2.75, 3.05) is 31.5 Å². The number of nitrogens with zero attached hydrogens (tertiary/aromatic N) is 6. The van der Waals surface area contributed by atoms with Crippen LogP contribution in [0.15, 0.2) is 66.9 Å². The molecule has 5 rings (SSSR count). The zero-order valence-corrected chi connectivity index (χ0v) is 22.0. The molecule has 3 heterocycles. The largest absolute Gasteiger partial charge is 0.346 e. The number of benzene rings is 2. The first kappa shape index (κ1) is 24.2. The SMILES string of the molecule is Cc1ccccc1Cn1ccc(NC(=S)N2CCN(Cc3c(C)nn(-c4ccccc4)c3C)CC2)n1. The fourth-order valence-electron chi connectivity index (χ4n) is 4.72. The molecule has 0 aliphatic carbocycles. The molecule has 1 aliphatic rings. The Kier molecular flexibility index (Phi) is 7.16. The van der Waals surface area contributed by atoms with E-state index in [2.05, 4.69) is 94.2 Å². The molecule has 7 nitrogen and oxygen atoms in total. The van der Waals surface area contributed by atoms with E-state index in [1.807, 2.05) is 23.0 Å². The summed E-state index contributed by atoms with van der Waals surface area (Å²) in [5, 5.41) is 13.5. The summed E-state index contributed by atoms with van der Waals surface area (Å²) < 4.78 is 4.00. The van der Waals surface area contributed by atoms with Crippen molar-refractivity contribution in [3.63, 3.8) is 0 Å². The highest BCUT2D eigenvalue weighted by molar-refractivity contribution is 7.80. The molecule has 36 heavy (non-hydrogen) atoms. The van der Waals surface area contributed by atoms with Crippen molar-refractivity contribution in [3.8, 4) is 5.69 Å². The van der Waals surface area contributed by atoms with Crippen molar-refractivity contribution in [2.24, 2.45) is 0 Å². The lowest BCUT2D eigenvalue weighted by Gasteiger charge is -2.36. The number of hydrogen-bond acceptors (Lipinski definition) is 4. The van der Waals surface area contributed by atoms with Crippen LogP contribution < -0.4 is 5.32 Å². The highest BCUT2D eigenvalue weighted by Gasteiger charge is 2.22. The van der Waals surface area contributed by atoms with Gasteiger partial charge < -0.3 is 10.2 Å². The number of hydrogen-bond donors (Lipinski definition) is 1. The molecular weight excluding hydrogens is 466 g/mol. The van der Waals surface area contributed by atoms with Crippen LogP contribution in [-0.4, -0.2) is 60.7 Å². The second-order valence-electron chi connectivity index (χ2n) is 9.42. The second-order valence-corrected chi connectivity index (χ2v) is 9.80. The van der Waals surface area contributed by atoms with Crippen molar-refractivity contribution in [3.05, 3.63) is 94.9 Å². The van der Waals surface area contributed by atoms with Crippen LogP contribution in [0, 0.1) is 20.8 Å². The molecule has 2 aromatic carbocycles. The average molecular weight is 500 g/mol. The van der Waals surface area contributed by atoms with Gasteiger partial charge in [-0.1, -0.05) is 42.5 Å². The summed E-state index contributed by atoms with van der Waals surface area (Å²) in [6, 6.07) is 20.7. The monoisotopic (exact) mass is 499 g/mol.